The first-order valence-electron chi connectivity index (χ1n) is 9.64. The van der Waals surface area contributed by atoms with Crippen LogP contribution in [0.4, 0.5) is 0 Å². The minimum Gasteiger partial charge on any atom is -0.375 e. The lowest BCUT2D eigenvalue weighted by Crippen LogP contribution is -2.22. The van der Waals surface area contributed by atoms with Crippen LogP contribution >= 0.6 is 0 Å². The van der Waals surface area contributed by atoms with Gasteiger partial charge in [0.05, 0.1) is 10.8 Å². The molecule has 2 nitrogen and oxygen atoms in total. The molecule has 0 fully saturated rings. The maximum absolute atomic E-state index is 12.6. The van der Waals surface area contributed by atoms with Crippen molar-refractivity contribution in [3.63, 3.8) is 0 Å². The Hall–Kier alpha value is -1.09. The third kappa shape index (κ3) is 8.14. The van der Waals surface area contributed by atoms with Gasteiger partial charge in [0.25, 0.3) is 0 Å². The molecule has 24 heavy (non-hydrogen) atoms. The molecule has 0 aromatic heterocycles. The molecular formula is C21H35NOS. The minimum absolute atomic E-state index is 0.890. The molecule has 0 aliphatic carbocycles. The SMILES string of the molecule is CCCCCCCCC/C(=C\S(=O)c1ccccc1)N(CC)CC. The van der Waals surface area contributed by atoms with Crippen LogP contribution < -0.4 is 0 Å². The Morgan fingerprint density at radius 3 is 2.08 bits per heavy atom. The molecule has 0 amide bonds. The monoisotopic (exact) mass is 349 g/mol. The fourth-order valence-corrected chi connectivity index (χ4v) is 4.01. The van der Waals surface area contributed by atoms with Crippen LogP contribution in [0.3, 0.4) is 0 Å². The summed E-state index contributed by atoms with van der Waals surface area (Å²) < 4.78 is 12.6. The van der Waals surface area contributed by atoms with E-state index < -0.39 is 10.8 Å². The highest BCUT2D eigenvalue weighted by molar-refractivity contribution is 7.88. The van der Waals surface area contributed by atoms with E-state index in [2.05, 4.69) is 25.7 Å². The third-order valence-electron chi connectivity index (χ3n) is 4.42. The number of hydrogen-bond acceptors (Lipinski definition) is 2. The molecule has 0 saturated heterocycles. The van der Waals surface area contributed by atoms with Crippen LogP contribution in [0.2, 0.25) is 0 Å². The smallest absolute Gasteiger partial charge is 0.0793 e. The van der Waals surface area contributed by atoms with Gasteiger partial charge < -0.3 is 4.90 Å². The number of unbranched alkanes of at least 4 members (excludes halogenated alkanes) is 6. The molecule has 1 aromatic rings. The van der Waals surface area contributed by atoms with E-state index >= 15 is 0 Å². The number of rotatable bonds is 13. The fraction of sp³-hybridized carbons (Fsp3) is 0.619. The molecule has 0 bridgehead atoms. The van der Waals surface area contributed by atoms with Gasteiger partial charge in [-0.1, -0.05) is 63.6 Å². The van der Waals surface area contributed by atoms with Gasteiger partial charge in [-0.3, -0.25) is 0 Å². The average molecular weight is 350 g/mol. The second-order valence-corrected chi connectivity index (χ2v) is 7.57. The van der Waals surface area contributed by atoms with Crippen molar-refractivity contribution in [2.75, 3.05) is 13.1 Å². The van der Waals surface area contributed by atoms with Crippen LogP contribution in [0.1, 0.15) is 72.1 Å². The van der Waals surface area contributed by atoms with Crippen molar-refractivity contribution >= 4 is 10.8 Å². The summed E-state index contributed by atoms with van der Waals surface area (Å²) in [4.78, 5) is 3.24. The van der Waals surface area contributed by atoms with E-state index in [0.717, 1.165) is 24.4 Å². The molecule has 0 aliphatic heterocycles. The van der Waals surface area contributed by atoms with Gasteiger partial charge in [0.2, 0.25) is 0 Å². The first-order valence-corrected chi connectivity index (χ1v) is 10.8. The van der Waals surface area contributed by atoms with E-state index in [1.54, 1.807) is 0 Å². The van der Waals surface area contributed by atoms with Gasteiger partial charge in [0, 0.05) is 29.1 Å². The van der Waals surface area contributed by atoms with Gasteiger partial charge in [0.15, 0.2) is 0 Å². The Kier molecular flexibility index (Phi) is 11.5. The van der Waals surface area contributed by atoms with Crippen molar-refractivity contribution in [2.45, 2.75) is 77.0 Å². The van der Waals surface area contributed by atoms with Gasteiger partial charge in [-0.15, -0.1) is 0 Å². The average Bonchev–Trinajstić information content (AvgIpc) is 2.62. The second-order valence-electron chi connectivity index (χ2n) is 6.26. The molecule has 0 saturated carbocycles. The van der Waals surface area contributed by atoms with Crippen molar-refractivity contribution in [3.8, 4) is 0 Å². The van der Waals surface area contributed by atoms with Crippen LogP contribution in [0.15, 0.2) is 46.3 Å². The number of allylic oxidation sites excluding steroid dienone is 1. The molecule has 0 radical (unpaired) electrons. The van der Waals surface area contributed by atoms with Gasteiger partial charge in [-0.25, -0.2) is 4.21 Å². The zero-order valence-electron chi connectivity index (χ0n) is 15.8. The second kappa shape index (κ2) is 13.2. The third-order valence-corrected chi connectivity index (χ3v) is 5.65. The highest BCUT2D eigenvalue weighted by atomic mass is 32.2. The zero-order chi connectivity index (χ0) is 17.6. The predicted molar refractivity (Wildman–Crippen MR) is 106 cm³/mol. The van der Waals surface area contributed by atoms with Crippen LogP contribution in [0.25, 0.3) is 0 Å². The maximum atomic E-state index is 12.6. The summed E-state index contributed by atoms with van der Waals surface area (Å²) in [6, 6.07) is 9.76. The molecule has 136 valence electrons. The molecule has 3 heteroatoms. The van der Waals surface area contributed by atoms with Crippen molar-refractivity contribution in [2.24, 2.45) is 0 Å². The van der Waals surface area contributed by atoms with Crippen molar-refractivity contribution in [3.05, 3.63) is 41.4 Å². The lowest BCUT2D eigenvalue weighted by Gasteiger charge is -2.24. The molecule has 0 aliphatic rings. The van der Waals surface area contributed by atoms with Gasteiger partial charge in [-0.2, -0.15) is 0 Å². The first kappa shape index (κ1) is 21.0. The highest BCUT2D eigenvalue weighted by Crippen LogP contribution is 2.18. The van der Waals surface area contributed by atoms with Crippen molar-refractivity contribution < 1.29 is 4.21 Å². The largest absolute Gasteiger partial charge is 0.375 e. The molecular weight excluding hydrogens is 314 g/mol. The Labute approximate surface area is 151 Å². The van der Waals surface area contributed by atoms with Crippen LogP contribution in [-0.4, -0.2) is 22.2 Å². The standard InChI is InChI=1S/C21H35NOS/c1-4-7-8-9-10-11-13-16-20(22(5-2)6-3)19-24(23)21-17-14-12-15-18-21/h12,14-15,17-19H,4-11,13,16H2,1-3H3/b20-19+. The van der Waals surface area contributed by atoms with Crippen molar-refractivity contribution in [1.82, 2.24) is 4.90 Å². The Bertz CT molecular complexity index is 480. The zero-order valence-corrected chi connectivity index (χ0v) is 16.6. The lowest BCUT2D eigenvalue weighted by molar-refractivity contribution is 0.364. The topological polar surface area (TPSA) is 20.3 Å². The van der Waals surface area contributed by atoms with E-state index in [4.69, 9.17) is 0 Å². The molecule has 0 N–H and O–H groups in total. The summed E-state index contributed by atoms with van der Waals surface area (Å²) in [6.07, 6.45) is 10.2. The van der Waals surface area contributed by atoms with Gasteiger partial charge in [0.1, 0.15) is 0 Å². The van der Waals surface area contributed by atoms with E-state index in [-0.39, 0.29) is 0 Å². The summed E-state index contributed by atoms with van der Waals surface area (Å²) in [7, 11) is -1.05. The summed E-state index contributed by atoms with van der Waals surface area (Å²) in [5, 5.41) is 1.97. The van der Waals surface area contributed by atoms with Crippen LogP contribution in [0, 0.1) is 0 Å². The van der Waals surface area contributed by atoms with Crippen molar-refractivity contribution in [1.29, 1.82) is 0 Å². The van der Waals surface area contributed by atoms with Crippen LogP contribution in [0.5, 0.6) is 0 Å². The summed E-state index contributed by atoms with van der Waals surface area (Å²) in [5.74, 6) is 0. The fourth-order valence-electron chi connectivity index (χ4n) is 2.93. The van der Waals surface area contributed by atoms with E-state index in [1.807, 2.05) is 35.7 Å². The normalized spacial score (nSPS) is 13.0. The summed E-state index contributed by atoms with van der Waals surface area (Å²) in [6.45, 7) is 8.56. The molecule has 0 heterocycles. The molecule has 1 aromatic carbocycles. The minimum atomic E-state index is -1.05. The Morgan fingerprint density at radius 2 is 1.50 bits per heavy atom. The van der Waals surface area contributed by atoms with Gasteiger partial charge >= 0.3 is 0 Å². The summed E-state index contributed by atoms with van der Waals surface area (Å²) >= 11 is 0. The lowest BCUT2D eigenvalue weighted by atomic mass is 10.1. The summed E-state index contributed by atoms with van der Waals surface area (Å²) in [5.41, 5.74) is 1.25. The Balaban J connectivity index is 2.57. The first-order chi connectivity index (χ1) is 11.7. The number of nitrogens with zero attached hydrogens (tertiary/aromatic N) is 1. The maximum Gasteiger partial charge on any atom is 0.0793 e. The molecule has 1 unspecified atom stereocenters. The number of benzene rings is 1. The van der Waals surface area contributed by atoms with E-state index in [0.29, 0.717) is 0 Å². The molecule has 1 atom stereocenters. The van der Waals surface area contributed by atoms with Gasteiger partial charge in [-0.05, 0) is 38.8 Å². The molecule has 0 spiro atoms. The quantitative estimate of drug-likeness (QED) is 0.400. The van der Waals surface area contributed by atoms with Crippen LogP contribution in [-0.2, 0) is 10.8 Å². The molecule has 1 rings (SSSR count). The van der Waals surface area contributed by atoms with E-state index in [1.165, 1.54) is 50.6 Å². The number of hydrogen-bond donors (Lipinski definition) is 0. The predicted octanol–water partition coefficient (Wildman–Crippen LogP) is 6.12. The highest BCUT2D eigenvalue weighted by Gasteiger charge is 2.09. The van der Waals surface area contributed by atoms with E-state index in [9.17, 15) is 4.21 Å². The Morgan fingerprint density at radius 1 is 0.917 bits per heavy atom.